The fourth-order valence-electron chi connectivity index (χ4n) is 2.27. The summed E-state index contributed by atoms with van der Waals surface area (Å²) in [5.74, 6) is 0.716. The van der Waals surface area contributed by atoms with Crippen LogP contribution in [0.4, 0.5) is 0 Å². The summed E-state index contributed by atoms with van der Waals surface area (Å²) < 4.78 is 1.85. The van der Waals surface area contributed by atoms with Crippen LogP contribution in [-0.2, 0) is 11.8 Å². The summed E-state index contributed by atoms with van der Waals surface area (Å²) in [5.41, 5.74) is 0.683. The number of ketones is 1. The van der Waals surface area contributed by atoms with Gasteiger partial charge in [-0.15, -0.1) is 0 Å². The number of carbonyl (C=O) groups is 2. The second-order valence-electron chi connectivity index (χ2n) is 5.24. The van der Waals surface area contributed by atoms with Crippen molar-refractivity contribution in [3.8, 4) is 0 Å². The van der Waals surface area contributed by atoms with Crippen molar-refractivity contribution in [2.24, 2.45) is 13.0 Å². The summed E-state index contributed by atoms with van der Waals surface area (Å²) in [7, 11) is 1.88. The summed E-state index contributed by atoms with van der Waals surface area (Å²) in [5, 5.41) is 0. The molecule has 0 saturated carbocycles. The Morgan fingerprint density at radius 2 is 2.22 bits per heavy atom. The number of rotatable bonds is 3. The van der Waals surface area contributed by atoms with Gasteiger partial charge in [-0.25, -0.2) is 0 Å². The van der Waals surface area contributed by atoms with Crippen LogP contribution < -0.4 is 0 Å². The predicted octanol–water partition coefficient (Wildman–Crippen LogP) is 1.86. The SMILES string of the molecule is CC1CCC(=O)N(CC(=O)c2ccn(C)c2)CC1. The molecule has 1 aromatic rings. The Morgan fingerprint density at radius 3 is 2.89 bits per heavy atom. The van der Waals surface area contributed by atoms with E-state index in [9.17, 15) is 9.59 Å². The van der Waals surface area contributed by atoms with Crippen molar-refractivity contribution < 1.29 is 9.59 Å². The first-order valence-corrected chi connectivity index (χ1v) is 6.49. The van der Waals surface area contributed by atoms with Crippen LogP contribution in [0.3, 0.4) is 0 Å². The van der Waals surface area contributed by atoms with E-state index in [-0.39, 0.29) is 18.2 Å². The molecule has 0 N–H and O–H groups in total. The molecule has 0 aliphatic carbocycles. The van der Waals surface area contributed by atoms with E-state index in [0.29, 0.717) is 24.4 Å². The number of aromatic nitrogens is 1. The molecule has 18 heavy (non-hydrogen) atoms. The molecule has 1 amide bonds. The van der Waals surface area contributed by atoms with Gasteiger partial charge in [0, 0.05) is 38.0 Å². The molecule has 1 unspecified atom stereocenters. The molecule has 98 valence electrons. The van der Waals surface area contributed by atoms with Crippen molar-refractivity contribution in [2.75, 3.05) is 13.1 Å². The van der Waals surface area contributed by atoms with Gasteiger partial charge in [0.25, 0.3) is 0 Å². The molecule has 1 saturated heterocycles. The molecule has 0 spiro atoms. The first kappa shape index (κ1) is 12.9. The maximum absolute atomic E-state index is 12.1. The number of aryl methyl sites for hydroxylation is 1. The van der Waals surface area contributed by atoms with E-state index < -0.39 is 0 Å². The minimum Gasteiger partial charge on any atom is -0.357 e. The van der Waals surface area contributed by atoms with E-state index in [1.807, 2.05) is 17.8 Å². The third kappa shape index (κ3) is 3.00. The smallest absolute Gasteiger partial charge is 0.222 e. The van der Waals surface area contributed by atoms with Crippen LogP contribution in [-0.4, -0.2) is 34.2 Å². The summed E-state index contributed by atoms with van der Waals surface area (Å²) in [6, 6.07) is 1.80. The predicted molar refractivity (Wildman–Crippen MR) is 69.3 cm³/mol. The van der Waals surface area contributed by atoms with Gasteiger partial charge in [0.2, 0.25) is 5.91 Å². The molecule has 1 aromatic heterocycles. The average molecular weight is 248 g/mol. The molecule has 0 aromatic carbocycles. The van der Waals surface area contributed by atoms with Gasteiger partial charge in [0.1, 0.15) is 0 Å². The number of amides is 1. The largest absolute Gasteiger partial charge is 0.357 e. The molecule has 1 fully saturated rings. The normalized spacial score (nSPS) is 20.9. The minimum absolute atomic E-state index is 0.0264. The van der Waals surface area contributed by atoms with Gasteiger partial charge in [-0.3, -0.25) is 9.59 Å². The Labute approximate surface area is 108 Å². The van der Waals surface area contributed by atoms with Crippen molar-refractivity contribution in [3.05, 3.63) is 24.0 Å². The minimum atomic E-state index is 0.0264. The summed E-state index contributed by atoms with van der Waals surface area (Å²) in [6.07, 6.45) is 6.15. The number of nitrogens with zero attached hydrogens (tertiary/aromatic N) is 2. The summed E-state index contributed by atoms with van der Waals surface area (Å²) in [6.45, 7) is 3.09. The number of Topliss-reactive ketones (excluding diaryl/α,β-unsaturated/α-hetero) is 1. The van der Waals surface area contributed by atoms with E-state index in [1.165, 1.54) is 0 Å². The van der Waals surface area contributed by atoms with Crippen LogP contribution in [0.25, 0.3) is 0 Å². The monoisotopic (exact) mass is 248 g/mol. The Hall–Kier alpha value is -1.58. The number of hydrogen-bond donors (Lipinski definition) is 0. The Bertz CT molecular complexity index is 450. The van der Waals surface area contributed by atoms with Crippen LogP contribution in [0, 0.1) is 5.92 Å². The van der Waals surface area contributed by atoms with Crippen LogP contribution in [0.2, 0.25) is 0 Å². The zero-order valence-corrected chi connectivity index (χ0v) is 11.1. The van der Waals surface area contributed by atoms with Crippen molar-refractivity contribution >= 4 is 11.7 Å². The van der Waals surface area contributed by atoms with Gasteiger partial charge in [-0.05, 0) is 24.8 Å². The summed E-state index contributed by atoms with van der Waals surface area (Å²) >= 11 is 0. The van der Waals surface area contributed by atoms with Gasteiger partial charge in [0.05, 0.1) is 6.54 Å². The molecule has 1 aliphatic rings. The van der Waals surface area contributed by atoms with E-state index in [1.54, 1.807) is 17.2 Å². The second-order valence-corrected chi connectivity index (χ2v) is 5.24. The van der Waals surface area contributed by atoms with Crippen LogP contribution in [0.15, 0.2) is 18.5 Å². The maximum atomic E-state index is 12.1. The third-order valence-corrected chi connectivity index (χ3v) is 3.58. The van der Waals surface area contributed by atoms with E-state index >= 15 is 0 Å². The van der Waals surface area contributed by atoms with Crippen LogP contribution in [0.1, 0.15) is 36.5 Å². The molecule has 0 bridgehead atoms. The van der Waals surface area contributed by atoms with Crippen molar-refractivity contribution in [1.82, 2.24) is 9.47 Å². The molecular weight excluding hydrogens is 228 g/mol. The molecule has 4 nitrogen and oxygen atoms in total. The zero-order chi connectivity index (χ0) is 13.1. The molecular formula is C14H20N2O2. The maximum Gasteiger partial charge on any atom is 0.222 e. The van der Waals surface area contributed by atoms with E-state index in [0.717, 1.165) is 12.8 Å². The molecule has 2 heterocycles. The molecule has 4 heteroatoms. The highest BCUT2D eigenvalue weighted by molar-refractivity contribution is 5.99. The van der Waals surface area contributed by atoms with Gasteiger partial charge in [-0.1, -0.05) is 6.92 Å². The van der Waals surface area contributed by atoms with Gasteiger partial charge in [0.15, 0.2) is 5.78 Å². The molecule has 2 rings (SSSR count). The fourth-order valence-corrected chi connectivity index (χ4v) is 2.27. The Balaban J connectivity index is 1.99. The zero-order valence-electron chi connectivity index (χ0n) is 11.1. The molecule has 1 aliphatic heterocycles. The van der Waals surface area contributed by atoms with Crippen LogP contribution in [0.5, 0.6) is 0 Å². The lowest BCUT2D eigenvalue weighted by atomic mass is 10.0. The molecule has 1 atom stereocenters. The molecule has 0 radical (unpaired) electrons. The van der Waals surface area contributed by atoms with Crippen molar-refractivity contribution in [1.29, 1.82) is 0 Å². The second kappa shape index (κ2) is 5.38. The Kier molecular flexibility index (Phi) is 3.84. The number of hydrogen-bond acceptors (Lipinski definition) is 2. The fraction of sp³-hybridized carbons (Fsp3) is 0.571. The number of carbonyl (C=O) groups excluding carboxylic acids is 2. The Morgan fingerprint density at radius 1 is 1.44 bits per heavy atom. The van der Waals surface area contributed by atoms with Crippen LogP contribution >= 0.6 is 0 Å². The summed E-state index contributed by atoms with van der Waals surface area (Å²) in [4.78, 5) is 25.7. The van der Waals surface area contributed by atoms with Crippen molar-refractivity contribution in [2.45, 2.75) is 26.2 Å². The topological polar surface area (TPSA) is 42.3 Å². The van der Waals surface area contributed by atoms with E-state index in [2.05, 4.69) is 6.92 Å². The standard InChI is InChI=1S/C14H20N2O2/c1-11-3-4-14(18)16(8-5-11)10-13(17)12-6-7-15(2)9-12/h6-7,9,11H,3-5,8,10H2,1-2H3. The number of likely N-dealkylation sites (tertiary alicyclic amines) is 1. The highest BCUT2D eigenvalue weighted by Gasteiger charge is 2.22. The van der Waals surface area contributed by atoms with Gasteiger partial charge < -0.3 is 9.47 Å². The third-order valence-electron chi connectivity index (χ3n) is 3.58. The lowest BCUT2D eigenvalue weighted by molar-refractivity contribution is -0.130. The quantitative estimate of drug-likeness (QED) is 0.766. The first-order valence-electron chi connectivity index (χ1n) is 6.49. The first-order chi connectivity index (χ1) is 8.56. The average Bonchev–Trinajstić information content (AvgIpc) is 2.71. The van der Waals surface area contributed by atoms with Gasteiger partial charge in [-0.2, -0.15) is 0 Å². The van der Waals surface area contributed by atoms with Crippen molar-refractivity contribution in [3.63, 3.8) is 0 Å². The van der Waals surface area contributed by atoms with Gasteiger partial charge >= 0.3 is 0 Å². The highest BCUT2D eigenvalue weighted by Crippen LogP contribution is 2.17. The lowest BCUT2D eigenvalue weighted by Gasteiger charge is -2.19. The lowest BCUT2D eigenvalue weighted by Crippen LogP contribution is -2.35. The highest BCUT2D eigenvalue weighted by atomic mass is 16.2. The van der Waals surface area contributed by atoms with E-state index in [4.69, 9.17) is 0 Å².